The first-order valence-electron chi connectivity index (χ1n) is 9.80. The van der Waals surface area contributed by atoms with Gasteiger partial charge in [-0.3, -0.25) is 0 Å². The summed E-state index contributed by atoms with van der Waals surface area (Å²) < 4.78 is 28.8. The summed E-state index contributed by atoms with van der Waals surface area (Å²) in [5.74, 6) is 2.48. The van der Waals surface area contributed by atoms with Gasteiger partial charge in [0.1, 0.15) is 35.6 Å². The van der Waals surface area contributed by atoms with Crippen molar-refractivity contribution in [2.45, 2.75) is 37.3 Å². The molecule has 0 bridgehead atoms. The molecule has 0 spiro atoms. The SMILES string of the molecule is COc1cc2c(cc1OC)[C@@]1(O)[C@@H](CO2)Oc2c(ccc3c2C=CC(C)(C)O3)[C@@H]1O. The quantitative estimate of drug-likeness (QED) is 0.784. The molecule has 0 radical (unpaired) electrons. The van der Waals surface area contributed by atoms with Crippen LogP contribution in [0.4, 0.5) is 0 Å². The van der Waals surface area contributed by atoms with E-state index < -0.39 is 23.4 Å². The number of ether oxygens (including phenoxy) is 5. The van der Waals surface area contributed by atoms with Gasteiger partial charge in [-0.2, -0.15) is 0 Å². The molecule has 2 aromatic rings. The number of fused-ring (bicyclic) bond motifs is 6. The highest BCUT2D eigenvalue weighted by Crippen LogP contribution is 2.55. The molecule has 7 heteroatoms. The Hall–Kier alpha value is -2.90. The molecule has 0 saturated heterocycles. The van der Waals surface area contributed by atoms with Crippen molar-refractivity contribution in [3.63, 3.8) is 0 Å². The Morgan fingerprint density at radius 3 is 2.53 bits per heavy atom. The second kappa shape index (κ2) is 6.30. The van der Waals surface area contributed by atoms with Crippen molar-refractivity contribution in [3.05, 3.63) is 47.0 Å². The average Bonchev–Trinajstić information content (AvgIpc) is 2.73. The summed E-state index contributed by atoms with van der Waals surface area (Å²) in [6, 6.07) is 6.81. The largest absolute Gasteiger partial charge is 0.493 e. The van der Waals surface area contributed by atoms with Crippen molar-refractivity contribution in [3.8, 4) is 28.7 Å². The maximum atomic E-state index is 11.7. The molecule has 3 atom stereocenters. The molecular weight excluding hydrogens is 388 g/mol. The lowest BCUT2D eigenvalue weighted by atomic mass is 9.75. The van der Waals surface area contributed by atoms with Crippen molar-refractivity contribution in [2.24, 2.45) is 0 Å². The molecule has 3 aliphatic heterocycles. The van der Waals surface area contributed by atoms with E-state index in [1.54, 1.807) is 24.3 Å². The van der Waals surface area contributed by atoms with E-state index in [0.717, 1.165) is 5.56 Å². The van der Waals surface area contributed by atoms with E-state index in [0.29, 0.717) is 39.9 Å². The van der Waals surface area contributed by atoms with Gasteiger partial charge < -0.3 is 33.9 Å². The molecule has 0 aromatic heterocycles. The fourth-order valence-electron chi connectivity index (χ4n) is 4.38. The van der Waals surface area contributed by atoms with E-state index in [1.807, 2.05) is 26.0 Å². The normalized spacial score (nSPS) is 27.3. The Kier molecular flexibility index (Phi) is 4.01. The van der Waals surface area contributed by atoms with E-state index >= 15 is 0 Å². The van der Waals surface area contributed by atoms with Crippen LogP contribution in [-0.2, 0) is 5.60 Å². The fourth-order valence-corrected chi connectivity index (χ4v) is 4.38. The van der Waals surface area contributed by atoms with Gasteiger partial charge in [0.15, 0.2) is 23.2 Å². The minimum Gasteiger partial charge on any atom is -0.493 e. The fraction of sp³-hybridized carbons (Fsp3) is 0.391. The third-order valence-electron chi connectivity index (χ3n) is 5.98. The van der Waals surface area contributed by atoms with E-state index in [2.05, 4.69) is 0 Å². The number of aliphatic hydroxyl groups is 2. The van der Waals surface area contributed by atoms with Crippen LogP contribution >= 0.6 is 0 Å². The van der Waals surface area contributed by atoms with Gasteiger partial charge in [-0.05, 0) is 44.2 Å². The van der Waals surface area contributed by atoms with Crippen LogP contribution in [0.25, 0.3) is 6.08 Å². The third-order valence-corrected chi connectivity index (χ3v) is 5.98. The van der Waals surface area contributed by atoms with Crippen LogP contribution in [0.3, 0.4) is 0 Å². The smallest absolute Gasteiger partial charge is 0.168 e. The second-order valence-corrected chi connectivity index (χ2v) is 8.28. The van der Waals surface area contributed by atoms with Gasteiger partial charge in [0, 0.05) is 17.2 Å². The van der Waals surface area contributed by atoms with Crippen molar-refractivity contribution in [2.75, 3.05) is 20.8 Å². The Morgan fingerprint density at radius 2 is 1.80 bits per heavy atom. The number of hydrogen-bond acceptors (Lipinski definition) is 7. The van der Waals surface area contributed by atoms with Gasteiger partial charge in [-0.15, -0.1) is 0 Å². The monoisotopic (exact) mass is 412 g/mol. The highest BCUT2D eigenvalue weighted by molar-refractivity contribution is 5.70. The number of rotatable bonds is 2. The van der Waals surface area contributed by atoms with Crippen LogP contribution < -0.4 is 23.7 Å². The van der Waals surface area contributed by atoms with E-state index in [1.165, 1.54) is 14.2 Å². The maximum absolute atomic E-state index is 11.7. The lowest BCUT2D eigenvalue weighted by Gasteiger charge is -2.47. The molecule has 158 valence electrons. The maximum Gasteiger partial charge on any atom is 0.168 e. The van der Waals surface area contributed by atoms with Gasteiger partial charge in [0.2, 0.25) is 0 Å². The van der Waals surface area contributed by atoms with Gasteiger partial charge in [0.05, 0.1) is 19.8 Å². The standard InChI is InChI=1S/C23H24O7/c1-22(2)8-7-12-15(30-22)6-5-13-20(12)29-19-11-28-16-10-18(27-4)17(26-3)9-14(16)23(19,25)21(13)24/h5-10,19,21,24-25H,11H2,1-4H3/t19-,21+,23-/m1/s1. The first-order valence-corrected chi connectivity index (χ1v) is 9.80. The Balaban J connectivity index is 1.65. The minimum atomic E-state index is -1.72. The van der Waals surface area contributed by atoms with E-state index in [4.69, 9.17) is 23.7 Å². The zero-order valence-corrected chi connectivity index (χ0v) is 17.3. The van der Waals surface area contributed by atoms with Crippen LogP contribution in [0.2, 0.25) is 0 Å². The predicted octanol–water partition coefficient (Wildman–Crippen LogP) is 2.96. The zero-order chi connectivity index (χ0) is 21.3. The van der Waals surface area contributed by atoms with Crippen molar-refractivity contribution in [1.29, 1.82) is 0 Å². The molecule has 5 rings (SSSR count). The van der Waals surface area contributed by atoms with Crippen LogP contribution in [0, 0.1) is 0 Å². The highest BCUT2D eigenvalue weighted by Gasteiger charge is 2.56. The van der Waals surface area contributed by atoms with Crippen LogP contribution in [-0.4, -0.2) is 42.7 Å². The lowest BCUT2D eigenvalue weighted by molar-refractivity contribution is -0.179. The first kappa shape index (κ1) is 19.1. The average molecular weight is 412 g/mol. The van der Waals surface area contributed by atoms with Crippen molar-refractivity contribution < 1.29 is 33.9 Å². The topological polar surface area (TPSA) is 86.6 Å². The molecule has 3 heterocycles. The third kappa shape index (κ3) is 2.52. The second-order valence-electron chi connectivity index (χ2n) is 8.28. The number of benzene rings is 2. The van der Waals surface area contributed by atoms with E-state index in [9.17, 15) is 10.2 Å². The summed E-state index contributed by atoms with van der Waals surface area (Å²) in [7, 11) is 3.04. The summed E-state index contributed by atoms with van der Waals surface area (Å²) in [6.07, 6.45) is 1.82. The van der Waals surface area contributed by atoms with Crippen LogP contribution in [0.5, 0.6) is 28.7 Å². The molecule has 2 N–H and O–H groups in total. The number of aliphatic hydroxyl groups excluding tert-OH is 1. The summed E-state index contributed by atoms with van der Waals surface area (Å²) in [4.78, 5) is 0. The Morgan fingerprint density at radius 1 is 1.07 bits per heavy atom. The predicted molar refractivity (Wildman–Crippen MR) is 108 cm³/mol. The Labute approximate surface area is 174 Å². The molecule has 0 aliphatic carbocycles. The highest BCUT2D eigenvalue weighted by atomic mass is 16.6. The lowest BCUT2D eigenvalue weighted by Crippen LogP contribution is -2.56. The van der Waals surface area contributed by atoms with Crippen LogP contribution in [0.15, 0.2) is 30.3 Å². The summed E-state index contributed by atoms with van der Waals surface area (Å²) in [5, 5.41) is 23.1. The van der Waals surface area contributed by atoms with Crippen molar-refractivity contribution >= 4 is 6.08 Å². The first-order chi connectivity index (χ1) is 14.3. The molecule has 2 aromatic carbocycles. The van der Waals surface area contributed by atoms with Crippen molar-refractivity contribution in [1.82, 2.24) is 0 Å². The Bertz CT molecular complexity index is 1060. The molecule has 0 amide bonds. The number of methoxy groups -OCH3 is 2. The number of hydrogen-bond donors (Lipinski definition) is 2. The van der Waals surface area contributed by atoms with Gasteiger partial charge in [-0.25, -0.2) is 0 Å². The minimum absolute atomic E-state index is 0.0647. The molecule has 0 unspecified atom stereocenters. The molecule has 0 saturated carbocycles. The zero-order valence-electron chi connectivity index (χ0n) is 17.3. The van der Waals surface area contributed by atoms with E-state index in [-0.39, 0.29) is 6.61 Å². The van der Waals surface area contributed by atoms with Gasteiger partial charge in [0.25, 0.3) is 0 Å². The molecular formula is C23H24O7. The molecule has 3 aliphatic rings. The van der Waals surface area contributed by atoms with Crippen LogP contribution in [0.1, 0.15) is 36.6 Å². The summed E-state index contributed by atoms with van der Waals surface area (Å²) in [6.45, 7) is 4.00. The van der Waals surface area contributed by atoms with Gasteiger partial charge >= 0.3 is 0 Å². The summed E-state index contributed by atoms with van der Waals surface area (Å²) >= 11 is 0. The molecule has 30 heavy (non-hydrogen) atoms. The molecule has 7 nitrogen and oxygen atoms in total. The summed E-state index contributed by atoms with van der Waals surface area (Å²) in [5.41, 5.74) is -0.528. The molecule has 0 fully saturated rings. The van der Waals surface area contributed by atoms with Gasteiger partial charge in [-0.1, -0.05) is 0 Å².